The fourth-order valence-electron chi connectivity index (χ4n) is 8.38. The molecular weight excluding hydrogens is 733 g/mol. The highest BCUT2D eigenvalue weighted by Gasteiger charge is 2.10. The summed E-state index contributed by atoms with van der Waals surface area (Å²) >= 11 is 0. The van der Waals surface area contributed by atoms with Gasteiger partial charge in [-0.2, -0.15) is 0 Å². The molecule has 0 spiro atoms. The predicted octanol–water partition coefficient (Wildman–Crippen LogP) is 19.7. The average Bonchev–Trinajstić information content (AvgIpc) is 3.26. The van der Waals surface area contributed by atoms with Crippen molar-refractivity contribution in [3.05, 3.63) is 24.3 Å². The minimum atomic E-state index is 0.0737. The molecule has 0 N–H and O–H groups in total. The summed E-state index contributed by atoms with van der Waals surface area (Å²) in [6.45, 7) is 10.8. The highest BCUT2D eigenvalue weighted by atomic mass is 16.6. The van der Waals surface area contributed by atoms with Crippen LogP contribution >= 0.6 is 0 Å². The molecule has 0 saturated heterocycles. The molecule has 0 heterocycles. The zero-order valence-electron chi connectivity index (χ0n) is 41.8. The van der Waals surface area contributed by atoms with E-state index in [1.165, 1.54) is 283 Å². The van der Waals surface area contributed by atoms with Gasteiger partial charge in [0.25, 0.3) is 0 Å². The van der Waals surface area contributed by atoms with Crippen LogP contribution in [0.25, 0.3) is 0 Å². The van der Waals surface area contributed by atoms with Crippen LogP contribution in [-0.2, 0) is 14.2 Å². The summed E-state index contributed by atoms with van der Waals surface area (Å²) in [7, 11) is 0. The van der Waals surface area contributed by atoms with Crippen molar-refractivity contribution >= 4 is 0 Å². The SMILES string of the molecule is CCCCCCCC/C=C\CCCCCCCCOCC(COCCCCCCCC/C=C\CCCCCCCC)OCCCCCCCCCCCCCCCCCC. The molecule has 0 rings (SSSR count). The van der Waals surface area contributed by atoms with Crippen molar-refractivity contribution in [3.8, 4) is 0 Å². The molecule has 358 valence electrons. The number of ether oxygens (including phenoxy) is 3. The molecule has 0 aliphatic carbocycles. The molecule has 0 aromatic carbocycles. The van der Waals surface area contributed by atoms with Crippen LogP contribution in [-0.4, -0.2) is 39.1 Å². The van der Waals surface area contributed by atoms with Gasteiger partial charge in [-0.3, -0.25) is 0 Å². The van der Waals surface area contributed by atoms with Crippen LogP contribution in [0.1, 0.15) is 303 Å². The molecule has 3 heteroatoms. The Labute approximate surface area is 379 Å². The molecule has 0 fully saturated rings. The summed E-state index contributed by atoms with van der Waals surface area (Å²) in [5.74, 6) is 0. The third-order valence-electron chi connectivity index (χ3n) is 12.6. The highest BCUT2D eigenvalue weighted by molar-refractivity contribution is 4.82. The van der Waals surface area contributed by atoms with Gasteiger partial charge in [-0.25, -0.2) is 0 Å². The van der Waals surface area contributed by atoms with E-state index in [2.05, 4.69) is 45.1 Å². The Kier molecular flexibility index (Phi) is 55.8. The molecule has 0 atom stereocenters. The standard InChI is InChI=1S/C57H112O3/c1-4-7-10-13-16-19-22-25-28-31-34-37-40-43-46-49-52-58-55-57(60-54-51-48-45-42-39-36-33-30-27-24-21-18-15-12-9-6-3)56-59-53-50-47-44-41-38-35-32-29-26-23-20-17-14-11-8-5-2/h25-26,28-29,57H,4-24,27,30-56H2,1-3H3/b28-25-,29-26-. The number of allylic oxidation sites excluding steroid dienone is 4. The van der Waals surface area contributed by atoms with Crippen molar-refractivity contribution in [2.24, 2.45) is 0 Å². The lowest BCUT2D eigenvalue weighted by Gasteiger charge is -2.18. The Hall–Kier alpha value is -0.640. The normalized spacial score (nSPS) is 12.1. The fourth-order valence-corrected chi connectivity index (χ4v) is 8.38. The first-order valence-electron chi connectivity index (χ1n) is 27.9. The third-order valence-corrected chi connectivity index (χ3v) is 12.6. The molecule has 0 unspecified atom stereocenters. The summed E-state index contributed by atoms with van der Waals surface area (Å²) in [6.07, 6.45) is 69.8. The first-order chi connectivity index (χ1) is 29.8. The second-order valence-corrected chi connectivity index (χ2v) is 18.8. The van der Waals surface area contributed by atoms with Crippen molar-refractivity contribution in [3.63, 3.8) is 0 Å². The van der Waals surface area contributed by atoms with Gasteiger partial charge in [0.2, 0.25) is 0 Å². The lowest BCUT2D eigenvalue weighted by atomic mass is 10.0. The molecule has 3 nitrogen and oxygen atoms in total. The van der Waals surface area contributed by atoms with Crippen molar-refractivity contribution in [1.29, 1.82) is 0 Å². The predicted molar refractivity (Wildman–Crippen MR) is 270 cm³/mol. The second kappa shape index (κ2) is 56.4. The first kappa shape index (κ1) is 59.4. The van der Waals surface area contributed by atoms with E-state index in [0.29, 0.717) is 13.2 Å². The molecule has 0 aromatic rings. The molecule has 0 aliphatic rings. The van der Waals surface area contributed by atoms with Crippen molar-refractivity contribution < 1.29 is 14.2 Å². The van der Waals surface area contributed by atoms with Gasteiger partial charge >= 0.3 is 0 Å². The Morgan fingerprint density at radius 1 is 0.250 bits per heavy atom. The van der Waals surface area contributed by atoms with Gasteiger partial charge in [-0.15, -0.1) is 0 Å². The van der Waals surface area contributed by atoms with E-state index in [-0.39, 0.29) is 6.10 Å². The van der Waals surface area contributed by atoms with E-state index in [1.807, 2.05) is 0 Å². The maximum Gasteiger partial charge on any atom is 0.104 e. The van der Waals surface area contributed by atoms with Crippen molar-refractivity contribution in [2.75, 3.05) is 33.0 Å². The smallest absolute Gasteiger partial charge is 0.104 e. The minimum Gasteiger partial charge on any atom is -0.379 e. The lowest BCUT2D eigenvalue weighted by molar-refractivity contribution is -0.0616. The van der Waals surface area contributed by atoms with Crippen LogP contribution in [0.4, 0.5) is 0 Å². The minimum absolute atomic E-state index is 0.0737. The molecular formula is C57H112O3. The quantitative estimate of drug-likeness (QED) is 0.0451. The summed E-state index contributed by atoms with van der Waals surface area (Å²) in [5.41, 5.74) is 0. The molecule has 0 amide bonds. The van der Waals surface area contributed by atoms with Gasteiger partial charge in [0.15, 0.2) is 0 Å². The maximum absolute atomic E-state index is 6.37. The summed E-state index contributed by atoms with van der Waals surface area (Å²) in [5, 5.41) is 0. The van der Waals surface area contributed by atoms with Crippen LogP contribution < -0.4 is 0 Å². The molecule has 0 radical (unpaired) electrons. The monoisotopic (exact) mass is 845 g/mol. The van der Waals surface area contributed by atoms with Crippen LogP contribution in [0.3, 0.4) is 0 Å². The van der Waals surface area contributed by atoms with Crippen molar-refractivity contribution in [2.45, 2.75) is 309 Å². The fraction of sp³-hybridized carbons (Fsp3) is 0.930. The number of hydrogen-bond donors (Lipinski definition) is 0. The Bertz CT molecular complexity index is 746. The molecule has 60 heavy (non-hydrogen) atoms. The summed E-state index contributed by atoms with van der Waals surface area (Å²) in [6, 6.07) is 0. The van der Waals surface area contributed by atoms with Gasteiger partial charge in [0.1, 0.15) is 6.10 Å². The van der Waals surface area contributed by atoms with E-state index in [9.17, 15) is 0 Å². The van der Waals surface area contributed by atoms with Gasteiger partial charge in [-0.05, 0) is 70.6 Å². The molecule has 0 saturated carbocycles. The zero-order chi connectivity index (χ0) is 43.2. The third kappa shape index (κ3) is 53.5. The topological polar surface area (TPSA) is 27.7 Å². The molecule has 0 aliphatic heterocycles. The number of rotatable bonds is 54. The Morgan fingerprint density at radius 3 is 0.733 bits per heavy atom. The number of unbranched alkanes of at least 4 members (excludes halogenated alkanes) is 39. The summed E-state index contributed by atoms with van der Waals surface area (Å²) in [4.78, 5) is 0. The van der Waals surface area contributed by atoms with Crippen LogP contribution in [0.2, 0.25) is 0 Å². The second-order valence-electron chi connectivity index (χ2n) is 18.8. The first-order valence-corrected chi connectivity index (χ1v) is 27.9. The molecule has 0 bridgehead atoms. The van der Waals surface area contributed by atoms with E-state index >= 15 is 0 Å². The van der Waals surface area contributed by atoms with Crippen LogP contribution in [0.5, 0.6) is 0 Å². The zero-order valence-corrected chi connectivity index (χ0v) is 41.8. The van der Waals surface area contributed by atoms with Gasteiger partial charge in [-0.1, -0.05) is 257 Å². The van der Waals surface area contributed by atoms with E-state index in [0.717, 1.165) is 19.8 Å². The Morgan fingerprint density at radius 2 is 0.467 bits per heavy atom. The number of hydrogen-bond acceptors (Lipinski definition) is 3. The largest absolute Gasteiger partial charge is 0.379 e. The lowest BCUT2D eigenvalue weighted by Crippen LogP contribution is -2.26. The Balaban J connectivity index is 4.02. The molecule has 0 aromatic heterocycles. The van der Waals surface area contributed by atoms with Crippen LogP contribution in [0.15, 0.2) is 24.3 Å². The van der Waals surface area contributed by atoms with Crippen molar-refractivity contribution in [1.82, 2.24) is 0 Å². The maximum atomic E-state index is 6.37. The average molecular weight is 846 g/mol. The summed E-state index contributed by atoms with van der Waals surface area (Å²) < 4.78 is 18.7. The van der Waals surface area contributed by atoms with Crippen LogP contribution in [0, 0.1) is 0 Å². The van der Waals surface area contributed by atoms with E-state index in [4.69, 9.17) is 14.2 Å². The van der Waals surface area contributed by atoms with Gasteiger partial charge in [0, 0.05) is 19.8 Å². The van der Waals surface area contributed by atoms with E-state index in [1.54, 1.807) is 0 Å². The van der Waals surface area contributed by atoms with Gasteiger partial charge < -0.3 is 14.2 Å². The highest BCUT2D eigenvalue weighted by Crippen LogP contribution is 2.15. The van der Waals surface area contributed by atoms with E-state index < -0.39 is 0 Å². The van der Waals surface area contributed by atoms with Gasteiger partial charge in [0.05, 0.1) is 13.2 Å².